The number of hydrogen-bond donors (Lipinski definition) is 0. The van der Waals surface area contributed by atoms with Crippen molar-refractivity contribution in [2.75, 3.05) is 0 Å². The molecular formula is C9H14S2. The summed E-state index contributed by atoms with van der Waals surface area (Å²) < 4.78 is 0. The summed E-state index contributed by atoms with van der Waals surface area (Å²) in [6.07, 6.45) is 0. The minimum atomic E-state index is 0.667. The first-order chi connectivity index (χ1) is 5.13. The van der Waals surface area contributed by atoms with E-state index in [1.807, 2.05) is 0 Å². The van der Waals surface area contributed by atoms with E-state index in [2.05, 4.69) is 32.8 Å². The van der Waals surface area contributed by atoms with E-state index in [4.69, 9.17) is 0 Å². The third-order valence-electron chi connectivity index (χ3n) is 1.59. The van der Waals surface area contributed by atoms with Crippen molar-refractivity contribution in [1.82, 2.24) is 0 Å². The first-order valence-corrected chi connectivity index (χ1v) is 5.59. The lowest BCUT2D eigenvalue weighted by molar-refractivity contribution is 0.760. The minimum absolute atomic E-state index is 0.667. The molecule has 0 aromatic rings. The highest BCUT2D eigenvalue weighted by Gasteiger charge is 2.21. The van der Waals surface area contributed by atoms with E-state index < -0.39 is 0 Å². The lowest BCUT2D eigenvalue weighted by atomic mass is 10.1. The molecule has 0 saturated carbocycles. The molecule has 0 amide bonds. The van der Waals surface area contributed by atoms with Gasteiger partial charge in [0.2, 0.25) is 0 Å². The van der Waals surface area contributed by atoms with Crippen LogP contribution in [0.25, 0.3) is 0 Å². The molecule has 2 heteroatoms. The van der Waals surface area contributed by atoms with Crippen molar-refractivity contribution in [1.29, 1.82) is 0 Å². The van der Waals surface area contributed by atoms with E-state index in [0.29, 0.717) is 11.8 Å². The van der Waals surface area contributed by atoms with Crippen molar-refractivity contribution in [2.45, 2.75) is 27.7 Å². The zero-order chi connectivity index (χ0) is 8.43. The molecule has 0 aromatic heterocycles. The fraction of sp³-hybridized carbons (Fsp3) is 0.667. The van der Waals surface area contributed by atoms with Crippen LogP contribution in [-0.2, 0) is 0 Å². The van der Waals surface area contributed by atoms with E-state index in [1.165, 1.54) is 9.81 Å². The summed E-state index contributed by atoms with van der Waals surface area (Å²) in [4.78, 5) is 3.04. The van der Waals surface area contributed by atoms with Crippen molar-refractivity contribution in [3.8, 4) is 0 Å². The van der Waals surface area contributed by atoms with Gasteiger partial charge in [0, 0.05) is 0 Å². The second-order valence-corrected chi connectivity index (χ2v) is 5.28. The summed E-state index contributed by atoms with van der Waals surface area (Å²) in [5, 5.41) is 3.24. The van der Waals surface area contributed by atoms with Gasteiger partial charge in [-0.3, -0.25) is 0 Å². The Morgan fingerprint density at radius 2 is 1.27 bits per heavy atom. The Hall–Kier alpha value is 0.440. The van der Waals surface area contributed by atoms with Crippen LogP contribution in [0.5, 0.6) is 0 Å². The average molecular weight is 186 g/mol. The van der Waals surface area contributed by atoms with E-state index in [1.54, 1.807) is 23.5 Å². The number of allylic oxidation sites excluding steroid dienone is 2. The highest BCUT2D eigenvalue weighted by Crippen LogP contribution is 2.49. The van der Waals surface area contributed by atoms with Gasteiger partial charge >= 0.3 is 0 Å². The molecule has 0 N–H and O–H groups in total. The molecule has 0 aromatic carbocycles. The molecule has 0 atom stereocenters. The molecule has 0 unspecified atom stereocenters. The van der Waals surface area contributed by atoms with Crippen LogP contribution in [0.15, 0.2) is 9.81 Å². The Morgan fingerprint density at radius 3 is 1.55 bits per heavy atom. The summed E-state index contributed by atoms with van der Waals surface area (Å²) in [6.45, 7) is 8.99. The lowest BCUT2D eigenvalue weighted by Gasteiger charge is -2.10. The van der Waals surface area contributed by atoms with Gasteiger partial charge in [-0.1, -0.05) is 27.7 Å². The highest BCUT2D eigenvalue weighted by molar-refractivity contribution is 8.25. The van der Waals surface area contributed by atoms with Gasteiger partial charge in [-0.25, -0.2) is 0 Å². The van der Waals surface area contributed by atoms with Crippen LogP contribution in [0, 0.1) is 16.9 Å². The molecule has 0 nitrogen and oxygen atoms in total. The SMILES string of the molecule is CC(C)C1=C(C(C)C)S[C]S1. The molecular weight excluding hydrogens is 172 g/mol. The second-order valence-electron chi connectivity index (χ2n) is 3.33. The first kappa shape index (κ1) is 9.53. The molecule has 1 aliphatic rings. The van der Waals surface area contributed by atoms with Gasteiger partial charge in [0.15, 0.2) is 0 Å². The van der Waals surface area contributed by atoms with Gasteiger partial charge in [0.05, 0.1) is 0 Å². The van der Waals surface area contributed by atoms with E-state index in [-0.39, 0.29) is 0 Å². The molecule has 0 bridgehead atoms. The predicted octanol–water partition coefficient (Wildman–Crippen LogP) is 3.99. The Bertz CT molecular complexity index is 150. The second kappa shape index (κ2) is 3.90. The minimum Gasteiger partial charge on any atom is -0.106 e. The molecule has 62 valence electrons. The van der Waals surface area contributed by atoms with Crippen LogP contribution >= 0.6 is 23.5 Å². The third-order valence-corrected chi connectivity index (χ3v) is 4.21. The molecule has 0 aliphatic carbocycles. The summed E-state index contributed by atoms with van der Waals surface area (Å²) in [5.41, 5.74) is 0. The molecule has 1 aliphatic heterocycles. The molecule has 1 heterocycles. The van der Waals surface area contributed by atoms with Gasteiger partial charge in [-0.05, 0) is 21.6 Å². The molecule has 0 spiro atoms. The maximum atomic E-state index is 3.24. The lowest BCUT2D eigenvalue weighted by Crippen LogP contribution is -1.95. The number of hydrogen-bond acceptors (Lipinski definition) is 2. The topological polar surface area (TPSA) is 0 Å². The van der Waals surface area contributed by atoms with Crippen molar-refractivity contribution in [3.63, 3.8) is 0 Å². The fourth-order valence-corrected chi connectivity index (χ4v) is 3.29. The zero-order valence-corrected chi connectivity index (χ0v) is 9.10. The number of rotatable bonds is 2. The van der Waals surface area contributed by atoms with Gasteiger partial charge in [0.1, 0.15) is 5.08 Å². The zero-order valence-electron chi connectivity index (χ0n) is 7.47. The Morgan fingerprint density at radius 1 is 0.909 bits per heavy atom. The van der Waals surface area contributed by atoms with Gasteiger partial charge in [0.25, 0.3) is 0 Å². The Kier molecular flexibility index (Phi) is 3.38. The van der Waals surface area contributed by atoms with Crippen molar-refractivity contribution in [3.05, 3.63) is 14.9 Å². The van der Waals surface area contributed by atoms with Crippen LogP contribution in [-0.4, -0.2) is 0 Å². The molecule has 2 radical (unpaired) electrons. The van der Waals surface area contributed by atoms with Crippen LogP contribution in [0.1, 0.15) is 27.7 Å². The molecule has 0 saturated heterocycles. The van der Waals surface area contributed by atoms with Gasteiger partial charge in [-0.2, -0.15) is 0 Å². The monoisotopic (exact) mass is 186 g/mol. The van der Waals surface area contributed by atoms with Gasteiger partial charge < -0.3 is 0 Å². The Balaban J connectivity index is 2.77. The summed E-state index contributed by atoms with van der Waals surface area (Å²) in [7, 11) is 0. The largest absolute Gasteiger partial charge is 0.123 e. The highest BCUT2D eigenvalue weighted by atomic mass is 32.2. The van der Waals surface area contributed by atoms with Crippen molar-refractivity contribution in [2.24, 2.45) is 11.8 Å². The fourth-order valence-electron chi connectivity index (χ4n) is 1.02. The van der Waals surface area contributed by atoms with Crippen LogP contribution in [0.3, 0.4) is 0 Å². The summed E-state index contributed by atoms with van der Waals surface area (Å²) >= 11 is 3.56. The molecule has 11 heavy (non-hydrogen) atoms. The quantitative estimate of drug-likeness (QED) is 0.639. The average Bonchev–Trinajstić information content (AvgIpc) is 2.32. The van der Waals surface area contributed by atoms with E-state index >= 15 is 0 Å². The van der Waals surface area contributed by atoms with E-state index in [9.17, 15) is 0 Å². The predicted molar refractivity (Wildman–Crippen MR) is 55.1 cm³/mol. The smallest absolute Gasteiger partial charge is 0.106 e. The van der Waals surface area contributed by atoms with E-state index in [0.717, 1.165) is 0 Å². The maximum Gasteiger partial charge on any atom is 0.123 e. The maximum absolute atomic E-state index is 3.24. The normalized spacial score (nSPS) is 19.1. The first-order valence-electron chi connectivity index (χ1n) is 3.95. The molecule has 1 rings (SSSR count). The van der Waals surface area contributed by atoms with Crippen LogP contribution in [0.2, 0.25) is 0 Å². The van der Waals surface area contributed by atoms with Crippen molar-refractivity contribution >= 4 is 23.5 Å². The standard InChI is InChI=1S/C9H14S2/c1-6(2)8-9(7(3)4)11-5-10-8/h6-7H,1-4H3. The van der Waals surface area contributed by atoms with Crippen LogP contribution in [0.4, 0.5) is 0 Å². The number of thioether (sulfide) groups is 2. The van der Waals surface area contributed by atoms with Gasteiger partial charge in [-0.15, -0.1) is 23.5 Å². The van der Waals surface area contributed by atoms with Crippen molar-refractivity contribution < 1.29 is 0 Å². The summed E-state index contributed by atoms with van der Waals surface area (Å²) in [5.74, 6) is 1.33. The Labute approximate surface area is 78.2 Å². The third kappa shape index (κ3) is 2.19. The molecule has 0 fully saturated rings. The summed E-state index contributed by atoms with van der Waals surface area (Å²) in [6, 6.07) is 0. The van der Waals surface area contributed by atoms with Crippen LogP contribution < -0.4 is 0 Å².